The average molecular weight is 244 g/mol. The third-order valence-electron chi connectivity index (χ3n) is 3.55. The third kappa shape index (κ3) is 1.89. The summed E-state index contributed by atoms with van der Waals surface area (Å²) in [5, 5.41) is 1.41. The van der Waals surface area contributed by atoms with Crippen molar-refractivity contribution in [3.05, 3.63) is 33.8 Å². The van der Waals surface area contributed by atoms with Gasteiger partial charge < -0.3 is 5.73 Å². The van der Waals surface area contributed by atoms with E-state index in [0.29, 0.717) is 21.9 Å². The van der Waals surface area contributed by atoms with Crippen molar-refractivity contribution in [1.29, 1.82) is 0 Å². The standard InChI is InChI=1S/C12H15Cl2N/c1-12(2)10(6-15)11(12)7-3-8(13)5-9(14)4-7/h3-5,10-11H,6,15H2,1-2H3/t10-,11-/m0/s1. The Kier molecular flexibility index (Phi) is 2.74. The first-order valence-electron chi connectivity index (χ1n) is 5.13. The first-order chi connectivity index (χ1) is 6.96. The van der Waals surface area contributed by atoms with E-state index in [1.807, 2.05) is 12.1 Å². The van der Waals surface area contributed by atoms with Gasteiger partial charge in [-0.1, -0.05) is 37.0 Å². The van der Waals surface area contributed by atoms with Gasteiger partial charge in [0, 0.05) is 10.0 Å². The number of hydrogen-bond acceptors (Lipinski definition) is 1. The van der Waals surface area contributed by atoms with Gasteiger partial charge in [-0.05, 0) is 47.6 Å². The second-order valence-corrected chi connectivity index (χ2v) is 5.72. The Hall–Kier alpha value is -0.240. The zero-order valence-corrected chi connectivity index (χ0v) is 10.4. The Morgan fingerprint density at radius 3 is 2.13 bits per heavy atom. The molecule has 0 spiro atoms. The van der Waals surface area contributed by atoms with E-state index in [2.05, 4.69) is 13.8 Å². The first-order valence-corrected chi connectivity index (χ1v) is 5.88. The van der Waals surface area contributed by atoms with Crippen molar-refractivity contribution in [3.63, 3.8) is 0 Å². The van der Waals surface area contributed by atoms with E-state index >= 15 is 0 Å². The highest BCUT2D eigenvalue weighted by atomic mass is 35.5. The van der Waals surface area contributed by atoms with E-state index in [1.54, 1.807) is 6.07 Å². The Bertz CT molecular complexity index is 367. The molecular formula is C12H15Cl2N. The van der Waals surface area contributed by atoms with Crippen LogP contribution in [0, 0.1) is 11.3 Å². The fourth-order valence-electron chi connectivity index (χ4n) is 2.60. The third-order valence-corrected chi connectivity index (χ3v) is 3.98. The predicted octanol–water partition coefficient (Wildman–Crippen LogP) is 3.69. The minimum absolute atomic E-state index is 0.281. The average Bonchev–Trinajstić information content (AvgIpc) is 2.66. The zero-order valence-electron chi connectivity index (χ0n) is 8.93. The van der Waals surface area contributed by atoms with Crippen molar-refractivity contribution in [2.75, 3.05) is 6.54 Å². The molecule has 1 aliphatic rings. The lowest BCUT2D eigenvalue weighted by Crippen LogP contribution is -2.05. The predicted molar refractivity (Wildman–Crippen MR) is 65.5 cm³/mol. The molecule has 0 aromatic heterocycles. The Labute approximate surface area is 101 Å². The molecule has 3 heteroatoms. The van der Waals surface area contributed by atoms with Gasteiger partial charge in [0.05, 0.1) is 0 Å². The summed E-state index contributed by atoms with van der Waals surface area (Å²) in [4.78, 5) is 0. The Morgan fingerprint density at radius 2 is 1.73 bits per heavy atom. The molecule has 15 heavy (non-hydrogen) atoms. The van der Waals surface area contributed by atoms with Crippen molar-refractivity contribution in [1.82, 2.24) is 0 Å². The van der Waals surface area contributed by atoms with Crippen molar-refractivity contribution in [2.24, 2.45) is 17.1 Å². The highest BCUT2D eigenvalue weighted by Gasteiger charge is 2.57. The van der Waals surface area contributed by atoms with Crippen molar-refractivity contribution in [3.8, 4) is 0 Å². The number of halogens is 2. The van der Waals surface area contributed by atoms with Crippen LogP contribution in [0.5, 0.6) is 0 Å². The highest BCUT2D eigenvalue weighted by molar-refractivity contribution is 6.34. The van der Waals surface area contributed by atoms with E-state index < -0.39 is 0 Å². The summed E-state index contributed by atoms with van der Waals surface area (Å²) in [6.07, 6.45) is 0. The molecule has 2 N–H and O–H groups in total. The van der Waals surface area contributed by atoms with Gasteiger partial charge in [0.15, 0.2) is 0 Å². The summed E-state index contributed by atoms with van der Waals surface area (Å²) in [6.45, 7) is 5.20. The largest absolute Gasteiger partial charge is 0.330 e. The summed E-state index contributed by atoms with van der Waals surface area (Å²) in [5.74, 6) is 1.05. The van der Waals surface area contributed by atoms with E-state index in [4.69, 9.17) is 28.9 Å². The molecule has 0 bridgehead atoms. The van der Waals surface area contributed by atoms with Crippen LogP contribution in [0.2, 0.25) is 10.0 Å². The summed E-state index contributed by atoms with van der Waals surface area (Å²) in [5.41, 5.74) is 7.24. The second-order valence-electron chi connectivity index (χ2n) is 4.84. The van der Waals surface area contributed by atoms with Crippen LogP contribution < -0.4 is 5.73 Å². The van der Waals surface area contributed by atoms with Crippen LogP contribution in [0.15, 0.2) is 18.2 Å². The molecule has 1 saturated carbocycles. The SMILES string of the molecule is CC1(C)[C@@H](CN)[C@@H]1c1cc(Cl)cc(Cl)c1. The van der Waals surface area contributed by atoms with Crippen LogP contribution in [-0.2, 0) is 0 Å². The van der Waals surface area contributed by atoms with Crippen molar-refractivity contribution < 1.29 is 0 Å². The smallest absolute Gasteiger partial charge is 0.0423 e. The molecule has 2 atom stereocenters. The van der Waals surface area contributed by atoms with Gasteiger partial charge >= 0.3 is 0 Å². The number of nitrogens with two attached hydrogens (primary N) is 1. The molecule has 2 rings (SSSR count). The zero-order chi connectivity index (χ0) is 11.2. The maximum absolute atomic E-state index is 5.99. The van der Waals surface area contributed by atoms with Gasteiger partial charge in [0.2, 0.25) is 0 Å². The fourth-order valence-corrected chi connectivity index (χ4v) is 3.14. The van der Waals surface area contributed by atoms with Gasteiger partial charge in [-0.25, -0.2) is 0 Å². The molecule has 82 valence electrons. The lowest BCUT2D eigenvalue weighted by Gasteiger charge is -2.04. The molecule has 0 unspecified atom stereocenters. The lowest BCUT2D eigenvalue weighted by atomic mass is 10.0. The van der Waals surface area contributed by atoms with E-state index in [0.717, 1.165) is 6.54 Å². The van der Waals surface area contributed by atoms with Crippen LogP contribution in [-0.4, -0.2) is 6.54 Å². The van der Waals surface area contributed by atoms with Crippen LogP contribution >= 0.6 is 23.2 Å². The fraction of sp³-hybridized carbons (Fsp3) is 0.500. The summed E-state index contributed by atoms with van der Waals surface area (Å²) < 4.78 is 0. The monoisotopic (exact) mass is 243 g/mol. The molecule has 1 aromatic rings. The highest BCUT2D eigenvalue weighted by Crippen LogP contribution is 2.64. The lowest BCUT2D eigenvalue weighted by molar-refractivity contribution is 0.558. The van der Waals surface area contributed by atoms with Crippen molar-refractivity contribution in [2.45, 2.75) is 19.8 Å². The number of rotatable bonds is 2. The molecule has 0 saturated heterocycles. The Morgan fingerprint density at radius 1 is 1.20 bits per heavy atom. The minimum Gasteiger partial charge on any atom is -0.330 e. The molecule has 0 radical (unpaired) electrons. The maximum Gasteiger partial charge on any atom is 0.0423 e. The van der Waals surface area contributed by atoms with Gasteiger partial charge in [-0.15, -0.1) is 0 Å². The quantitative estimate of drug-likeness (QED) is 0.843. The molecule has 0 amide bonds. The molecule has 1 aliphatic carbocycles. The normalized spacial score (nSPS) is 27.8. The molecular weight excluding hydrogens is 229 g/mol. The molecule has 1 fully saturated rings. The van der Waals surface area contributed by atoms with E-state index in [1.165, 1.54) is 5.56 Å². The van der Waals surface area contributed by atoms with Gasteiger partial charge in [0.1, 0.15) is 0 Å². The molecule has 0 heterocycles. The van der Waals surface area contributed by atoms with Gasteiger partial charge in [-0.2, -0.15) is 0 Å². The van der Waals surface area contributed by atoms with Gasteiger partial charge in [-0.3, -0.25) is 0 Å². The number of benzene rings is 1. The summed E-state index contributed by atoms with van der Waals surface area (Å²) >= 11 is 12.0. The summed E-state index contributed by atoms with van der Waals surface area (Å²) in [7, 11) is 0. The van der Waals surface area contributed by atoms with E-state index in [-0.39, 0.29) is 5.41 Å². The first kappa shape index (κ1) is 11.3. The topological polar surface area (TPSA) is 26.0 Å². The Balaban J connectivity index is 2.32. The summed E-state index contributed by atoms with van der Waals surface area (Å²) in [6, 6.07) is 5.75. The number of hydrogen-bond donors (Lipinski definition) is 1. The van der Waals surface area contributed by atoms with Gasteiger partial charge in [0.25, 0.3) is 0 Å². The molecule has 1 aromatic carbocycles. The van der Waals surface area contributed by atoms with Crippen LogP contribution in [0.25, 0.3) is 0 Å². The van der Waals surface area contributed by atoms with Crippen LogP contribution in [0.4, 0.5) is 0 Å². The molecule has 0 aliphatic heterocycles. The van der Waals surface area contributed by atoms with E-state index in [9.17, 15) is 0 Å². The van der Waals surface area contributed by atoms with Crippen LogP contribution in [0.3, 0.4) is 0 Å². The molecule has 1 nitrogen and oxygen atoms in total. The second kappa shape index (κ2) is 3.65. The minimum atomic E-state index is 0.281. The maximum atomic E-state index is 5.99. The van der Waals surface area contributed by atoms with Crippen molar-refractivity contribution >= 4 is 23.2 Å². The van der Waals surface area contributed by atoms with Crippen LogP contribution in [0.1, 0.15) is 25.3 Å².